The first kappa shape index (κ1) is 7.59. The highest BCUT2D eigenvalue weighted by Gasteiger charge is 2.23. The number of anilines is 1. The normalized spacial score (nSPS) is 16.1. The summed E-state index contributed by atoms with van der Waals surface area (Å²) in [5.74, 6) is 1.84. The fraction of sp³-hybridized carbons (Fsp3) is 0.500. The molecule has 0 spiro atoms. The minimum atomic E-state index is 0.824. The van der Waals surface area contributed by atoms with E-state index in [1.165, 1.54) is 18.4 Å². The van der Waals surface area contributed by atoms with Crippen molar-refractivity contribution in [3.63, 3.8) is 0 Å². The van der Waals surface area contributed by atoms with E-state index in [1.54, 1.807) is 0 Å². The highest BCUT2D eigenvalue weighted by atomic mass is 15.0. The van der Waals surface area contributed by atoms with Crippen LogP contribution in [-0.2, 0) is 0 Å². The predicted molar refractivity (Wildman–Crippen MR) is 50.4 cm³/mol. The zero-order valence-corrected chi connectivity index (χ0v) is 7.38. The Morgan fingerprint density at radius 2 is 2.42 bits per heavy atom. The summed E-state index contributed by atoms with van der Waals surface area (Å²) in [4.78, 5) is 4.23. The third-order valence-corrected chi connectivity index (χ3v) is 2.19. The van der Waals surface area contributed by atoms with Gasteiger partial charge in [-0.15, -0.1) is 0 Å². The van der Waals surface area contributed by atoms with Gasteiger partial charge in [-0.3, -0.25) is 0 Å². The number of pyridine rings is 1. The minimum Gasteiger partial charge on any atom is -0.370 e. The SMILES string of the molecule is CCNc1cc(C2CC2)ccn1. The quantitative estimate of drug-likeness (QED) is 0.738. The van der Waals surface area contributed by atoms with Crippen molar-refractivity contribution >= 4 is 5.82 Å². The third kappa shape index (κ3) is 1.58. The van der Waals surface area contributed by atoms with Crippen molar-refractivity contribution in [2.24, 2.45) is 0 Å². The molecular weight excluding hydrogens is 148 g/mol. The number of nitrogens with zero attached hydrogens (tertiary/aromatic N) is 1. The maximum atomic E-state index is 4.23. The fourth-order valence-corrected chi connectivity index (χ4v) is 1.40. The molecule has 0 radical (unpaired) electrons. The monoisotopic (exact) mass is 162 g/mol. The van der Waals surface area contributed by atoms with Crippen molar-refractivity contribution in [1.82, 2.24) is 4.98 Å². The van der Waals surface area contributed by atoms with Crippen molar-refractivity contribution < 1.29 is 0 Å². The molecular formula is C10H14N2. The first-order chi connectivity index (χ1) is 5.90. The highest BCUT2D eigenvalue weighted by Crippen LogP contribution is 2.40. The Morgan fingerprint density at radius 1 is 1.58 bits per heavy atom. The molecule has 0 unspecified atom stereocenters. The first-order valence-electron chi connectivity index (χ1n) is 4.60. The lowest BCUT2D eigenvalue weighted by atomic mass is 10.2. The molecule has 0 atom stereocenters. The Balaban J connectivity index is 2.15. The van der Waals surface area contributed by atoms with Gasteiger partial charge in [-0.05, 0) is 43.4 Å². The van der Waals surface area contributed by atoms with Crippen molar-refractivity contribution in [1.29, 1.82) is 0 Å². The van der Waals surface area contributed by atoms with Gasteiger partial charge in [-0.1, -0.05) is 0 Å². The molecule has 0 amide bonds. The Hall–Kier alpha value is -1.05. The van der Waals surface area contributed by atoms with Crippen LogP contribution in [0.3, 0.4) is 0 Å². The molecule has 1 aliphatic carbocycles. The van der Waals surface area contributed by atoms with Crippen LogP contribution in [0.4, 0.5) is 5.82 Å². The summed E-state index contributed by atoms with van der Waals surface area (Å²) in [5.41, 5.74) is 1.45. The lowest BCUT2D eigenvalue weighted by Gasteiger charge is -2.03. The Labute approximate surface area is 73.0 Å². The van der Waals surface area contributed by atoms with Gasteiger partial charge < -0.3 is 5.32 Å². The van der Waals surface area contributed by atoms with E-state index < -0.39 is 0 Å². The van der Waals surface area contributed by atoms with Gasteiger partial charge in [0.2, 0.25) is 0 Å². The van der Waals surface area contributed by atoms with Crippen molar-refractivity contribution in [2.45, 2.75) is 25.7 Å². The molecule has 1 aliphatic rings. The van der Waals surface area contributed by atoms with E-state index in [4.69, 9.17) is 0 Å². The van der Waals surface area contributed by atoms with Crippen molar-refractivity contribution in [3.05, 3.63) is 23.9 Å². The summed E-state index contributed by atoms with van der Waals surface area (Å²) in [5, 5.41) is 3.22. The van der Waals surface area contributed by atoms with Crippen LogP contribution in [-0.4, -0.2) is 11.5 Å². The van der Waals surface area contributed by atoms with Crippen LogP contribution < -0.4 is 5.32 Å². The number of nitrogens with one attached hydrogen (secondary N) is 1. The fourth-order valence-electron chi connectivity index (χ4n) is 1.40. The van der Waals surface area contributed by atoms with Gasteiger partial charge in [0.1, 0.15) is 5.82 Å². The standard InChI is InChI=1S/C10H14N2/c1-2-11-10-7-9(5-6-12-10)8-3-4-8/h5-8H,2-4H2,1H3,(H,11,12). The molecule has 1 N–H and O–H groups in total. The molecule has 0 aromatic carbocycles. The van der Waals surface area contributed by atoms with Crippen LogP contribution in [0.2, 0.25) is 0 Å². The summed E-state index contributed by atoms with van der Waals surface area (Å²) in [6, 6.07) is 4.29. The molecule has 1 aromatic heterocycles. The first-order valence-corrected chi connectivity index (χ1v) is 4.60. The maximum absolute atomic E-state index is 4.23. The average molecular weight is 162 g/mol. The number of hydrogen-bond acceptors (Lipinski definition) is 2. The van der Waals surface area contributed by atoms with E-state index in [0.717, 1.165) is 18.3 Å². The number of hydrogen-bond donors (Lipinski definition) is 1. The Bertz CT molecular complexity index is 266. The average Bonchev–Trinajstić information content (AvgIpc) is 2.88. The molecule has 1 saturated carbocycles. The molecule has 0 bridgehead atoms. The van der Waals surface area contributed by atoms with Gasteiger partial charge >= 0.3 is 0 Å². The molecule has 2 nitrogen and oxygen atoms in total. The summed E-state index contributed by atoms with van der Waals surface area (Å²) in [6.07, 6.45) is 4.61. The maximum Gasteiger partial charge on any atom is 0.126 e. The van der Waals surface area contributed by atoms with E-state index in [1.807, 2.05) is 6.20 Å². The van der Waals surface area contributed by atoms with Crippen LogP contribution in [0.25, 0.3) is 0 Å². The van der Waals surface area contributed by atoms with E-state index >= 15 is 0 Å². The summed E-state index contributed by atoms with van der Waals surface area (Å²) in [7, 11) is 0. The van der Waals surface area contributed by atoms with E-state index in [0.29, 0.717) is 0 Å². The van der Waals surface area contributed by atoms with Gasteiger partial charge in [0.05, 0.1) is 0 Å². The summed E-state index contributed by atoms with van der Waals surface area (Å²) < 4.78 is 0. The second-order valence-electron chi connectivity index (χ2n) is 3.28. The van der Waals surface area contributed by atoms with Crippen LogP contribution in [0.15, 0.2) is 18.3 Å². The van der Waals surface area contributed by atoms with Crippen molar-refractivity contribution in [3.8, 4) is 0 Å². The zero-order valence-electron chi connectivity index (χ0n) is 7.38. The lowest BCUT2D eigenvalue weighted by molar-refractivity contribution is 1.09. The molecule has 12 heavy (non-hydrogen) atoms. The summed E-state index contributed by atoms with van der Waals surface area (Å²) in [6.45, 7) is 3.03. The second-order valence-corrected chi connectivity index (χ2v) is 3.28. The molecule has 1 fully saturated rings. The Kier molecular flexibility index (Phi) is 1.98. The van der Waals surface area contributed by atoms with E-state index in [9.17, 15) is 0 Å². The van der Waals surface area contributed by atoms with Crippen molar-refractivity contribution in [2.75, 3.05) is 11.9 Å². The summed E-state index contributed by atoms with van der Waals surface area (Å²) >= 11 is 0. The number of rotatable bonds is 3. The van der Waals surface area contributed by atoms with E-state index in [2.05, 4.69) is 29.4 Å². The van der Waals surface area contributed by atoms with Gasteiger partial charge in [-0.2, -0.15) is 0 Å². The molecule has 1 aromatic rings. The second kappa shape index (κ2) is 3.13. The van der Waals surface area contributed by atoms with Crippen LogP contribution in [0.5, 0.6) is 0 Å². The third-order valence-electron chi connectivity index (χ3n) is 2.19. The molecule has 2 rings (SSSR count). The van der Waals surface area contributed by atoms with Crippen LogP contribution in [0, 0.1) is 0 Å². The lowest BCUT2D eigenvalue weighted by Crippen LogP contribution is -1.99. The van der Waals surface area contributed by atoms with Gasteiger partial charge in [0.25, 0.3) is 0 Å². The molecule has 0 aliphatic heterocycles. The molecule has 64 valence electrons. The van der Waals surface area contributed by atoms with Gasteiger partial charge in [0.15, 0.2) is 0 Å². The smallest absolute Gasteiger partial charge is 0.126 e. The topological polar surface area (TPSA) is 24.9 Å². The van der Waals surface area contributed by atoms with Crippen LogP contribution >= 0.6 is 0 Å². The highest BCUT2D eigenvalue weighted by molar-refractivity contribution is 5.39. The van der Waals surface area contributed by atoms with Gasteiger partial charge in [-0.25, -0.2) is 4.98 Å². The Morgan fingerprint density at radius 3 is 3.08 bits per heavy atom. The number of aromatic nitrogens is 1. The van der Waals surface area contributed by atoms with E-state index in [-0.39, 0.29) is 0 Å². The largest absolute Gasteiger partial charge is 0.370 e. The predicted octanol–water partition coefficient (Wildman–Crippen LogP) is 2.39. The zero-order chi connectivity index (χ0) is 8.39. The van der Waals surface area contributed by atoms with Gasteiger partial charge in [0, 0.05) is 12.7 Å². The minimum absolute atomic E-state index is 0.824. The molecule has 1 heterocycles. The van der Waals surface area contributed by atoms with Crippen LogP contribution in [0.1, 0.15) is 31.2 Å². The molecule has 2 heteroatoms. The molecule has 0 saturated heterocycles.